The molecule has 0 saturated carbocycles. The zero-order chi connectivity index (χ0) is 15.9. The number of esters is 1. The summed E-state index contributed by atoms with van der Waals surface area (Å²) in [5.41, 5.74) is 2.30. The summed E-state index contributed by atoms with van der Waals surface area (Å²) in [7, 11) is 1.27. The second-order valence-corrected chi connectivity index (χ2v) is 5.03. The van der Waals surface area contributed by atoms with Gasteiger partial charge in [-0.15, -0.1) is 0 Å². The molecule has 0 spiro atoms. The summed E-state index contributed by atoms with van der Waals surface area (Å²) >= 11 is 0. The van der Waals surface area contributed by atoms with Crippen molar-refractivity contribution in [3.05, 3.63) is 64.7 Å². The molecule has 1 heterocycles. The van der Waals surface area contributed by atoms with Gasteiger partial charge in [0.2, 0.25) is 0 Å². The molecule has 0 atom stereocenters. The van der Waals surface area contributed by atoms with E-state index in [-0.39, 0.29) is 17.0 Å². The van der Waals surface area contributed by atoms with E-state index < -0.39 is 11.9 Å². The van der Waals surface area contributed by atoms with Crippen molar-refractivity contribution in [2.24, 2.45) is 0 Å². The molecular weight excluding hydrogens is 282 g/mol. The van der Waals surface area contributed by atoms with Crippen LogP contribution in [-0.4, -0.2) is 24.9 Å². The van der Waals surface area contributed by atoms with Gasteiger partial charge in [0.05, 0.1) is 29.5 Å². The van der Waals surface area contributed by atoms with E-state index in [9.17, 15) is 14.4 Å². The molecule has 22 heavy (non-hydrogen) atoms. The standard InChI is InChI=1S/C17H13NO4/c1-10-3-6-12(7-4-10)18-15(19)13-8-5-11(17(21)22-2)9-14(13)16(18)20/h3-9H,1-2H3. The molecule has 0 bridgehead atoms. The highest BCUT2D eigenvalue weighted by atomic mass is 16.5. The second kappa shape index (κ2) is 5.11. The maximum Gasteiger partial charge on any atom is 0.337 e. The molecule has 0 N–H and O–H groups in total. The lowest BCUT2D eigenvalue weighted by molar-refractivity contribution is 0.0600. The molecular formula is C17H13NO4. The third-order valence-electron chi connectivity index (χ3n) is 3.60. The Morgan fingerprint density at radius 2 is 1.59 bits per heavy atom. The molecule has 0 radical (unpaired) electrons. The number of imide groups is 1. The average Bonchev–Trinajstić information content (AvgIpc) is 2.79. The Kier molecular flexibility index (Phi) is 3.25. The molecule has 0 unspecified atom stereocenters. The van der Waals surface area contributed by atoms with E-state index in [1.807, 2.05) is 19.1 Å². The van der Waals surface area contributed by atoms with Gasteiger partial charge in [-0.2, -0.15) is 0 Å². The summed E-state index contributed by atoms with van der Waals surface area (Å²) in [6, 6.07) is 11.5. The lowest BCUT2D eigenvalue weighted by atomic mass is 10.1. The van der Waals surface area contributed by atoms with Crippen LogP contribution in [0.4, 0.5) is 5.69 Å². The summed E-state index contributed by atoms with van der Waals surface area (Å²) < 4.78 is 4.63. The summed E-state index contributed by atoms with van der Waals surface area (Å²) in [5, 5.41) is 0. The monoisotopic (exact) mass is 295 g/mol. The Morgan fingerprint density at radius 1 is 0.955 bits per heavy atom. The van der Waals surface area contributed by atoms with E-state index in [0.29, 0.717) is 11.3 Å². The average molecular weight is 295 g/mol. The van der Waals surface area contributed by atoms with Gasteiger partial charge in [0.1, 0.15) is 0 Å². The maximum atomic E-state index is 12.5. The minimum absolute atomic E-state index is 0.216. The number of nitrogens with zero attached hydrogens (tertiary/aromatic N) is 1. The van der Waals surface area contributed by atoms with Gasteiger partial charge in [0.15, 0.2) is 0 Å². The number of anilines is 1. The Balaban J connectivity index is 2.05. The number of carbonyl (C=O) groups is 3. The van der Waals surface area contributed by atoms with Crippen LogP contribution in [0.5, 0.6) is 0 Å². The van der Waals surface area contributed by atoms with Gasteiger partial charge in [0.25, 0.3) is 11.8 Å². The highest BCUT2D eigenvalue weighted by molar-refractivity contribution is 6.34. The van der Waals surface area contributed by atoms with Crippen molar-refractivity contribution >= 4 is 23.5 Å². The van der Waals surface area contributed by atoms with Crippen molar-refractivity contribution in [1.29, 1.82) is 0 Å². The molecule has 0 saturated heterocycles. The van der Waals surface area contributed by atoms with Crippen LogP contribution >= 0.6 is 0 Å². The number of methoxy groups -OCH3 is 1. The number of carbonyl (C=O) groups excluding carboxylic acids is 3. The molecule has 1 aliphatic rings. The molecule has 0 fully saturated rings. The van der Waals surface area contributed by atoms with Crippen LogP contribution in [0.25, 0.3) is 0 Å². The number of hydrogen-bond donors (Lipinski definition) is 0. The first kappa shape index (κ1) is 14.0. The van der Waals surface area contributed by atoms with E-state index in [0.717, 1.165) is 10.5 Å². The zero-order valence-electron chi connectivity index (χ0n) is 12.1. The SMILES string of the molecule is COC(=O)c1ccc2c(c1)C(=O)N(c1ccc(C)cc1)C2=O. The predicted molar refractivity (Wildman–Crippen MR) is 80.1 cm³/mol. The van der Waals surface area contributed by atoms with Gasteiger partial charge in [0, 0.05) is 0 Å². The number of amides is 2. The van der Waals surface area contributed by atoms with Crippen LogP contribution in [-0.2, 0) is 4.74 Å². The number of hydrogen-bond acceptors (Lipinski definition) is 4. The van der Waals surface area contributed by atoms with Gasteiger partial charge in [-0.1, -0.05) is 17.7 Å². The normalized spacial score (nSPS) is 13.3. The maximum absolute atomic E-state index is 12.5. The van der Waals surface area contributed by atoms with Gasteiger partial charge in [-0.05, 0) is 37.3 Å². The van der Waals surface area contributed by atoms with E-state index in [1.165, 1.54) is 25.3 Å². The highest BCUT2D eigenvalue weighted by Crippen LogP contribution is 2.29. The summed E-state index contributed by atoms with van der Waals surface area (Å²) in [6.45, 7) is 1.93. The Hall–Kier alpha value is -2.95. The van der Waals surface area contributed by atoms with Gasteiger partial charge in [-0.3, -0.25) is 9.59 Å². The van der Waals surface area contributed by atoms with Gasteiger partial charge >= 0.3 is 5.97 Å². The first-order valence-electron chi connectivity index (χ1n) is 6.70. The predicted octanol–water partition coefficient (Wildman–Crippen LogP) is 2.58. The first-order valence-corrected chi connectivity index (χ1v) is 6.70. The number of rotatable bonds is 2. The largest absolute Gasteiger partial charge is 0.465 e. The molecule has 1 aliphatic heterocycles. The Morgan fingerprint density at radius 3 is 2.23 bits per heavy atom. The molecule has 5 heteroatoms. The van der Waals surface area contributed by atoms with Gasteiger partial charge in [-0.25, -0.2) is 9.69 Å². The summed E-state index contributed by atoms with van der Waals surface area (Å²) in [4.78, 5) is 37.6. The second-order valence-electron chi connectivity index (χ2n) is 5.03. The van der Waals surface area contributed by atoms with Crippen LogP contribution in [0.3, 0.4) is 0 Å². The molecule has 2 aromatic rings. The molecule has 3 rings (SSSR count). The quantitative estimate of drug-likeness (QED) is 0.631. The third-order valence-corrected chi connectivity index (χ3v) is 3.60. The highest BCUT2D eigenvalue weighted by Gasteiger charge is 2.37. The van der Waals surface area contributed by atoms with Crippen LogP contribution < -0.4 is 4.90 Å². The van der Waals surface area contributed by atoms with Crippen molar-refractivity contribution in [3.63, 3.8) is 0 Å². The molecule has 0 aromatic heterocycles. The number of fused-ring (bicyclic) bond motifs is 1. The number of ether oxygens (including phenoxy) is 1. The van der Waals surface area contributed by atoms with E-state index in [2.05, 4.69) is 4.74 Å². The lowest BCUT2D eigenvalue weighted by Crippen LogP contribution is -2.29. The molecule has 110 valence electrons. The zero-order valence-corrected chi connectivity index (χ0v) is 12.1. The molecule has 2 amide bonds. The first-order chi connectivity index (χ1) is 10.5. The van der Waals surface area contributed by atoms with E-state index in [1.54, 1.807) is 12.1 Å². The molecule has 5 nitrogen and oxygen atoms in total. The van der Waals surface area contributed by atoms with Crippen molar-refractivity contribution in [2.75, 3.05) is 12.0 Å². The van der Waals surface area contributed by atoms with E-state index >= 15 is 0 Å². The minimum Gasteiger partial charge on any atom is -0.465 e. The van der Waals surface area contributed by atoms with Gasteiger partial charge < -0.3 is 4.74 Å². The Bertz CT molecular complexity index is 793. The summed E-state index contributed by atoms with van der Waals surface area (Å²) in [5.74, 6) is -1.37. The number of aryl methyl sites for hydroxylation is 1. The molecule has 0 aliphatic carbocycles. The topological polar surface area (TPSA) is 63.7 Å². The van der Waals surface area contributed by atoms with Crippen LogP contribution in [0.15, 0.2) is 42.5 Å². The van der Waals surface area contributed by atoms with Crippen molar-refractivity contribution in [1.82, 2.24) is 0 Å². The fraction of sp³-hybridized carbons (Fsp3) is 0.118. The summed E-state index contributed by atoms with van der Waals surface area (Å²) in [6.07, 6.45) is 0. The van der Waals surface area contributed by atoms with Crippen LogP contribution in [0.2, 0.25) is 0 Å². The lowest BCUT2D eigenvalue weighted by Gasteiger charge is -2.13. The van der Waals surface area contributed by atoms with Crippen LogP contribution in [0, 0.1) is 6.92 Å². The fourth-order valence-corrected chi connectivity index (χ4v) is 2.41. The van der Waals surface area contributed by atoms with Crippen LogP contribution in [0.1, 0.15) is 36.6 Å². The van der Waals surface area contributed by atoms with Crippen molar-refractivity contribution in [2.45, 2.75) is 6.92 Å². The minimum atomic E-state index is -0.545. The smallest absolute Gasteiger partial charge is 0.337 e. The number of benzene rings is 2. The molecule has 2 aromatic carbocycles. The van der Waals surface area contributed by atoms with Crippen molar-refractivity contribution < 1.29 is 19.1 Å². The Labute approximate surface area is 127 Å². The fourth-order valence-electron chi connectivity index (χ4n) is 2.41. The third kappa shape index (κ3) is 2.07. The van der Waals surface area contributed by atoms with E-state index in [4.69, 9.17) is 0 Å². The van der Waals surface area contributed by atoms with Crippen molar-refractivity contribution in [3.8, 4) is 0 Å².